The van der Waals surface area contributed by atoms with E-state index in [1.165, 1.54) is 26.9 Å². The molecule has 9 heteroatoms. The molecule has 1 atom stereocenters. The molecule has 0 bridgehead atoms. The van der Waals surface area contributed by atoms with Gasteiger partial charge in [-0.15, -0.1) is 0 Å². The highest BCUT2D eigenvalue weighted by Gasteiger charge is 2.21. The summed E-state index contributed by atoms with van der Waals surface area (Å²) in [5.41, 5.74) is 4.29. The molecule has 3 rings (SSSR count). The third-order valence-electron chi connectivity index (χ3n) is 6.55. The summed E-state index contributed by atoms with van der Waals surface area (Å²) < 4.78 is 16.0. The van der Waals surface area contributed by atoms with Crippen molar-refractivity contribution in [2.75, 3.05) is 21.3 Å². The number of benzene rings is 3. The van der Waals surface area contributed by atoms with E-state index in [9.17, 15) is 19.5 Å². The lowest BCUT2D eigenvalue weighted by molar-refractivity contribution is -0.139. The minimum Gasteiger partial charge on any atom is -0.493 e. The number of aliphatic carboxylic acids is 1. The Labute approximate surface area is 234 Å². The van der Waals surface area contributed by atoms with Crippen molar-refractivity contribution in [3.05, 3.63) is 77.4 Å². The Kier molecular flexibility index (Phi) is 10.7. The van der Waals surface area contributed by atoms with Crippen LogP contribution in [0.15, 0.2) is 60.7 Å². The molecule has 9 nitrogen and oxygen atoms in total. The van der Waals surface area contributed by atoms with E-state index in [-0.39, 0.29) is 19.4 Å². The summed E-state index contributed by atoms with van der Waals surface area (Å²) in [6.07, 6.45) is -0.157. The van der Waals surface area contributed by atoms with Gasteiger partial charge in [0.2, 0.25) is 11.7 Å². The molecule has 2 amide bonds. The zero-order valence-electron chi connectivity index (χ0n) is 23.4. The summed E-state index contributed by atoms with van der Waals surface area (Å²) >= 11 is 0. The smallest absolute Gasteiger partial charge is 0.320 e. The number of carboxylic acids is 1. The molecule has 0 aromatic heterocycles. The molecule has 0 aliphatic rings. The van der Waals surface area contributed by atoms with Crippen molar-refractivity contribution < 1.29 is 33.7 Å². The number of rotatable bonds is 13. The number of carboxylic acid groups (broad SMARTS) is 1. The number of hydrogen-bond donors (Lipinski definition) is 3. The Bertz CT molecular complexity index is 1290. The van der Waals surface area contributed by atoms with Crippen LogP contribution >= 0.6 is 0 Å². The van der Waals surface area contributed by atoms with Gasteiger partial charge in [-0.1, -0.05) is 50.2 Å². The minimum atomic E-state index is -1.11. The number of nitrogens with one attached hydrogen (secondary N) is 2. The van der Waals surface area contributed by atoms with Gasteiger partial charge in [0.1, 0.15) is 6.04 Å². The van der Waals surface area contributed by atoms with E-state index >= 15 is 0 Å². The first-order valence-corrected chi connectivity index (χ1v) is 13.0. The van der Waals surface area contributed by atoms with Crippen LogP contribution in [0.1, 0.15) is 54.1 Å². The zero-order chi connectivity index (χ0) is 29.2. The Hall–Kier alpha value is -4.37. The van der Waals surface area contributed by atoms with Crippen LogP contribution in [-0.2, 0) is 16.1 Å². The average Bonchev–Trinajstić information content (AvgIpc) is 2.96. The number of methoxy groups -OCH3 is 3. The van der Waals surface area contributed by atoms with Crippen molar-refractivity contribution >= 4 is 17.8 Å². The maximum atomic E-state index is 12.6. The molecular formula is C31H36N2O7. The maximum Gasteiger partial charge on any atom is 0.320 e. The fraction of sp³-hybridized carbons (Fsp3) is 0.323. The van der Waals surface area contributed by atoms with E-state index in [4.69, 9.17) is 14.2 Å². The topological polar surface area (TPSA) is 123 Å². The van der Waals surface area contributed by atoms with Crippen LogP contribution in [0.2, 0.25) is 0 Å². The summed E-state index contributed by atoms with van der Waals surface area (Å²) in [6, 6.07) is 17.7. The Morgan fingerprint density at radius 1 is 0.825 bits per heavy atom. The Morgan fingerprint density at radius 3 is 1.85 bits per heavy atom. The van der Waals surface area contributed by atoms with E-state index in [1.54, 1.807) is 24.3 Å². The predicted molar refractivity (Wildman–Crippen MR) is 152 cm³/mol. The van der Waals surface area contributed by atoms with Gasteiger partial charge in [0.25, 0.3) is 5.91 Å². The summed E-state index contributed by atoms with van der Waals surface area (Å²) in [4.78, 5) is 36.8. The second-order valence-corrected chi connectivity index (χ2v) is 9.58. The molecule has 0 saturated carbocycles. The molecule has 0 aliphatic heterocycles. The van der Waals surface area contributed by atoms with Crippen LogP contribution in [0, 0.1) is 0 Å². The van der Waals surface area contributed by atoms with E-state index in [0.717, 1.165) is 11.1 Å². The van der Waals surface area contributed by atoms with E-state index in [2.05, 4.69) is 36.6 Å². The van der Waals surface area contributed by atoms with Crippen molar-refractivity contribution in [2.24, 2.45) is 0 Å². The summed E-state index contributed by atoms with van der Waals surface area (Å²) in [7, 11) is 4.48. The molecule has 212 valence electrons. The normalized spacial score (nSPS) is 11.6. The predicted octanol–water partition coefficient (Wildman–Crippen LogP) is 4.78. The van der Waals surface area contributed by atoms with Gasteiger partial charge in [0.15, 0.2) is 11.5 Å². The monoisotopic (exact) mass is 548 g/mol. The highest BCUT2D eigenvalue weighted by molar-refractivity contribution is 6.04. The highest BCUT2D eigenvalue weighted by atomic mass is 16.5. The van der Waals surface area contributed by atoms with Gasteiger partial charge in [0.05, 0.1) is 21.3 Å². The van der Waals surface area contributed by atoms with Crippen molar-refractivity contribution in [3.8, 4) is 28.4 Å². The molecule has 0 spiro atoms. The molecule has 3 N–H and O–H groups in total. The molecular weight excluding hydrogens is 512 g/mol. The highest BCUT2D eigenvalue weighted by Crippen LogP contribution is 2.38. The number of ether oxygens (including phenoxy) is 3. The molecule has 0 heterocycles. The van der Waals surface area contributed by atoms with Gasteiger partial charge >= 0.3 is 5.97 Å². The quantitative estimate of drug-likeness (QED) is 0.279. The van der Waals surface area contributed by atoms with Gasteiger partial charge in [-0.25, -0.2) is 0 Å². The molecule has 3 aromatic carbocycles. The van der Waals surface area contributed by atoms with E-state index in [0.29, 0.717) is 34.3 Å². The second-order valence-electron chi connectivity index (χ2n) is 9.58. The third-order valence-corrected chi connectivity index (χ3v) is 6.55. The van der Waals surface area contributed by atoms with Crippen LogP contribution < -0.4 is 24.8 Å². The van der Waals surface area contributed by atoms with Crippen LogP contribution in [0.5, 0.6) is 17.2 Å². The molecule has 0 unspecified atom stereocenters. The molecule has 0 saturated heterocycles. The van der Waals surface area contributed by atoms with Crippen LogP contribution in [0.3, 0.4) is 0 Å². The van der Waals surface area contributed by atoms with E-state index in [1.807, 2.05) is 24.3 Å². The fourth-order valence-electron chi connectivity index (χ4n) is 4.20. The fourth-order valence-corrected chi connectivity index (χ4v) is 4.20. The summed E-state index contributed by atoms with van der Waals surface area (Å²) in [5, 5.41) is 14.9. The molecule has 0 fully saturated rings. The first kappa shape index (κ1) is 30.2. The van der Waals surface area contributed by atoms with Gasteiger partial charge < -0.3 is 24.6 Å². The lowest BCUT2D eigenvalue weighted by Crippen LogP contribution is -2.38. The van der Waals surface area contributed by atoms with Crippen LogP contribution in [-0.4, -0.2) is 50.3 Å². The molecule has 3 aromatic rings. The number of carbonyl (C=O) groups is 3. The van der Waals surface area contributed by atoms with E-state index < -0.39 is 23.8 Å². The molecule has 0 aliphatic carbocycles. The number of hydrogen-bond acceptors (Lipinski definition) is 7. The van der Waals surface area contributed by atoms with Crippen molar-refractivity contribution in [1.82, 2.24) is 10.6 Å². The SMILES string of the molecule is COc1cc(CN[C@@H](CCC(=O)NC(=O)c2ccc(-c3ccc(C(C)C)cc3)cc2)C(=O)O)cc(OC)c1OC. The number of imide groups is 1. The first-order chi connectivity index (χ1) is 19.2. The minimum absolute atomic E-state index is 0.00974. The lowest BCUT2D eigenvalue weighted by atomic mass is 9.98. The average molecular weight is 549 g/mol. The summed E-state index contributed by atoms with van der Waals surface area (Å²) in [5.74, 6) is -0.437. The largest absolute Gasteiger partial charge is 0.493 e. The van der Waals surface area contributed by atoms with Crippen LogP contribution in [0.25, 0.3) is 11.1 Å². The van der Waals surface area contributed by atoms with Crippen molar-refractivity contribution in [3.63, 3.8) is 0 Å². The molecule has 0 radical (unpaired) electrons. The number of carbonyl (C=O) groups excluding carboxylic acids is 2. The van der Waals surface area contributed by atoms with Crippen LogP contribution in [0.4, 0.5) is 0 Å². The van der Waals surface area contributed by atoms with Gasteiger partial charge in [-0.2, -0.15) is 0 Å². The zero-order valence-corrected chi connectivity index (χ0v) is 23.4. The summed E-state index contributed by atoms with van der Waals surface area (Å²) in [6.45, 7) is 4.46. The Balaban J connectivity index is 1.55. The third kappa shape index (κ3) is 7.83. The lowest BCUT2D eigenvalue weighted by Gasteiger charge is -2.17. The number of amides is 2. The van der Waals surface area contributed by atoms with Gasteiger partial charge in [-0.05, 0) is 58.9 Å². The van der Waals surface area contributed by atoms with Gasteiger partial charge in [-0.3, -0.25) is 19.7 Å². The van der Waals surface area contributed by atoms with Crippen molar-refractivity contribution in [1.29, 1.82) is 0 Å². The second kappa shape index (κ2) is 14.1. The van der Waals surface area contributed by atoms with Gasteiger partial charge in [0, 0.05) is 18.5 Å². The maximum absolute atomic E-state index is 12.6. The Morgan fingerprint density at radius 2 is 1.38 bits per heavy atom. The standard InChI is InChI=1S/C31H36N2O7/c1-19(2)21-6-8-22(9-7-21)23-10-12-24(13-11-23)30(35)33-28(34)15-14-25(31(36)37)32-18-20-16-26(38-3)29(40-5)27(17-20)39-4/h6-13,16-17,19,25,32H,14-15,18H2,1-5H3,(H,36,37)(H,33,34,35)/t25-/m0/s1. The van der Waals surface area contributed by atoms with Crippen molar-refractivity contribution in [2.45, 2.75) is 45.2 Å². The first-order valence-electron chi connectivity index (χ1n) is 13.0. The molecule has 40 heavy (non-hydrogen) atoms.